The van der Waals surface area contributed by atoms with E-state index in [0.29, 0.717) is 16.7 Å². The number of fused-ring (bicyclic) bond motifs is 2. The third-order valence-electron chi connectivity index (χ3n) is 6.39. The zero-order valence-corrected chi connectivity index (χ0v) is 15.2. The van der Waals surface area contributed by atoms with Gasteiger partial charge in [0.05, 0.1) is 7.11 Å². The van der Waals surface area contributed by atoms with E-state index in [2.05, 4.69) is 32.8 Å². The molecule has 1 aromatic carbocycles. The van der Waals surface area contributed by atoms with Gasteiger partial charge < -0.3 is 9.64 Å². The number of hydrogen-bond donors (Lipinski definition) is 0. The van der Waals surface area contributed by atoms with Crippen LogP contribution in [-0.2, 0) is 0 Å². The van der Waals surface area contributed by atoms with Gasteiger partial charge in [0.1, 0.15) is 11.6 Å². The van der Waals surface area contributed by atoms with Crippen molar-refractivity contribution in [1.29, 1.82) is 0 Å². The summed E-state index contributed by atoms with van der Waals surface area (Å²) >= 11 is 0. The molecule has 3 rings (SSSR count). The molecule has 0 spiro atoms. The van der Waals surface area contributed by atoms with Crippen molar-refractivity contribution in [2.75, 3.05) is 27.7 Å². The molecule has 2 bridgehead atoms. The van der Waals surface area contributed by atoms with Crippen molar-refractivity contribution < 1.29 is 9.13 Å². The van der Waals surface area contributed by atoms with Gasteiger partial charge in [-0.2, -0.15) is 0 Å². The lowest BCUT2D eigenvalue weighted by atomic mass is 9.58. The molecule has 2 nitrogen and oxygen atoms in total. The third-order valence-corrected chi connectivity index (χ3v) is 6.39. The summed E-state index contributed by atoms with van der Waals surface area (Å²) in [5.74, 6) is 1.46. The topological polar surface area (TPSA) is 12.5 Å². The van der Waals surface area contributed by atoms with E-state index in [1.165, 1.54) is 19.3 Å². The number of halogens is 1. The molecule has 0 aliphatic heterocycles. The fourth-order valence-corrected chi connectivity index (χ4v) is 5.39. The minimum Gasteiger partial charge on any atom is -0.497 e. The predicted octanol–water partition coefficient (Wildman–Crippen LogP) is 4.70. The molecule has 4 atom stereocenters. The van der Waals surface area contributed by atoms with Gasteiger partial charge in [0.15, 0.2) is 0 Å². The van der Waals surface area contributed by atoms with Crippen LogP contribution in [0, 0.1) is 22.6 Å². The maximum atomic E-state index is 14.7. The van der Waals surface area contributed by atoms with Gasteiger partial charge in [-0.25, -0.2) is 4.39 Å². The monoisotopic (exact) mass is 319 g/mol. The molecular formula is C20H30FNO. The lowest BCUT2D eigenvalue weighted by Crippen LogP contribution is -2.43. The summed E-state index contributed by atoms with van der Waals surface area (Å²) in [6.45, 7) is 5.85. The molecule has 0 N–H and O–H groups in total. The third kappa shape index (κ3) is 3.00. The van der Waals surface area contributed by atoms with Gasteiger partial charge in [0, 0.05) is 6.54 Å². The van der Waals surface area contributed by atoms with E-state index in [9.17, 15) is 4.39 Å². The summed E-state index contributed by atoms with van der Waals surface area (Å²) in [4.78, 5) is 2.27. The molecule has 2 saturated carbocycles. The lowest BCUT2D eigenvalue weighted by molar-refractivity contribution is 0.0500. The van der Waals surface area contributed by atoms with Crippen molar-refractivity contribution in [1.82, 2.24) is 4.90 Å². The Hall–Kier alpha value is -1.09. The Morgan fingerprint density at radius 3 is 2.65 bits per heavy atom. The van der Waals surface area contributed by atoms with Crippen LogP contribution < -0.4 is 4.74 Å². The minimum atomic E-state index is -0.0759. The fraction of sp³-hybridized carbons (Fsp3) is 0.700. The van der Waals surface area contributed by atoms with E-state index in [-0.39, 0.29) is 11.7 Å². The SMILES string of the molecule is COc1ccc(F)c([C@@H]2C[C@@]3(C)CC[C@](C)(C3)[C@@H]2CN(C)C)c1. The first-order valence-electron chi connectivity index (χ1n) is 8.74. The predicted molar refractivity (Wildman–Crippen MR) is 92.4 cm³/mol. The molecule has 128 valence electrons. The zero-order valence-electron chi connectivity index (χ0n) is 15.2. The number of nitrogens with zero attached hydrogens (tertiary/aromatic N) is 1. The molecule has 2 aliphatic rings. The van der Waals surface area contributed by atoms with Crippen LogP contribution in [-0.4, -0.2) is 32.6 Å². The maximum absolute atomic E-state index is 14.7. The van der Waals surface area contributed by atoms with Gasteiger partial charge in [-0.3, -0.25) is 0 Å². The van der Waals surface area contributed by atoms with Gasteiger partial charge in [0.25, 0.3) is 0 Å². The van der Waals surface area contributed by atoms with Crippen molar-refractivity contribution in [3.8, 4) is 5.75 Å². The minimum absolute atomic E-state index is 0.0759. The van der Waals surface area contributed by atoms with Crippen LogP contribution in [0.25, 0.3) is 0 Å². The largest absolute Gasteiger partial charge is 0.497 e. The normalized spacial score (nSPS) is 36.5. The van der Waals surface area contributed by atoms with Crippen LogP contribution in [0.2, 0.25) is 0 Å². The van der Waals surface area contributed by atoms with E-state index >= 15 is 0 Å². The molecule has 0 radical (unpaired) electrons. The van der Waals surface area contributed by atoms with Crippen molar-refractivity contribution in [2.45, 2.75) is 45.4 Å². The van der Waals surface area contributed by atoms with Crippen LogP contribution in [0.1, 0.15) is 51.0 Å². The van der Waals surface area contributed by atoms with Crippen LogP contribution in [0.4, 0.5) is 4.39 Å². The number of ether oxygens (including phenoxy) is 1. The summed E-state index contributed by atoms with van der Waals surface area (Å²) in [5, 5.41) is 0. The number of rotatable bonds is 4. The van der Waals surface area contributed by atoms with Gasteiger partial charge in [0.2, 0.25) is 0 Å². The highest BCUT2D eigenvalue weighted by Gasteiger charge is 2.55. The quantitative estimate of drug-likeness (QED) is 0.798. The summed E-state index contributed by atoms with van der Waals surface area (Å²) in [6.07, 6.45) is 4.91. The molecule has 23 heavy (non-hydrogen) atoms. The second-order valence-corrected chi connectivity index (χ2v) is 8.71. The van der Waals surface area contributed by atoms with Crippen molar-refractivity contribution in [2.24, 2.45) is 16.7 Å². The Kier molecular flexibility index (Phi) is 4.20. The summed E-state index contributed by atoms with van der Waals surface area (Å²) < 4.78 is 20.0. The number of methoxy groups -OCH3 is 1. The summed E-state index contributed by atoms with van der Waals surface area (Å²) in [7, 11) is 5.91. The first-order valence-corrected chi connectivity index (χ1v) is 8.74. The molecule has 0 unspecified atom stereocenters. The highest BCUT2D eigenvalue weighted by Crippen LogP contribution is 2.64. The van der Waals surface area contributed by atoms with Crippen molar-refractivity contribution >= 4 is 0 Å². The summed E-state index contributed by atoms with van der Waals surface area (Å²) in [6, 6.07) is 5.23. The Bertz CT molecular complexity index is 587. The Labute approximate surface area is 140 Å². The molecule has 3 heteroatoms. The highest BCUT2D eigenvalue weighted by molar-refractivity contribution is 5.34. The maximum Gasteiger partial charge on any atom is 0.126 e. The molecule has 0 amide bonds. The van der Waals surface area contributed by atoms with Crippen LogP contribution in [0.3, 0.4) is 0 Å². The van der Waals surface area contributed by atoms with Gasteiger partial charge >= 0.3 is 0 Å². The zero-order chi connectivity index (χ0) is 16.8. The van der Waals surface area contributed by atoms with Gasteiger partial charge in [-0.1, -0.05) is 13.8 Å². The van der Waals surface area contributed by atoms with Crippen LogP contribution in [0.15, 0.2) is 18.2 Å². The van der Waals surface area contributed by atoms with Gasteiger partial charge in [-0.05, 0) is 86.2 Å². The second kappa shape index (κ2) is 5.77. The fourth-order valence-electron chi connectivity index (χ4n) is 5.39. The van der Waals surface area contributed by atoms with Gasteiger partial charge in [-0.15, -0.1) is 0 Å². The van der Waals surface area contributed by atoms with E-state index in [1.807, 2.05) is 6.07 Å². The Morgan fingerprint density at radius 1 is 1.26 bits per heavy atom. The molecule has 1 aromatic rings. The molecule has 2 fully saturated rings. The van der Waals surface area contributed by atoms with Crippen LogP contribution >= 0.6 is 0 Å². The lowest BCUT2D eigenvalue weighted by Gasteiger charge is -2.48. The first-order chi connectivity index (χ1) is 10.8. The molecular weight excluding hydrogens is 289 g/mol. The van der Waals surface area contributed by atoms with Crippen molar-refractivity contribution in [3.05, 3.63) is 29.6 Å². The summed E-state index contributed by atoms with van der Waals surface area (Å²) in [5.41, 5.74) is 1.53. The standard InChI is InChI=1S/C20H30FNO/c1-19-8-9-20(2,13-19)17(12-22(3)4)16(11-19)15-10-14(23-5)6-7-18(15)21/h6-7,10,16-17H,8-9,11-13H2,1-5H3/t16-,17+,19+,20+/m0/s1. The average Bonchev–Trinajstić information content (AvgIpc) is 2.75. The molecule has 0 aromatic heterocycles. The first kappa shape index (κ1) is 16.8. The van der Waals surface area contributed by atoms with E-state index in [4.69, 9.17) is 4.74 Å². The van der Waals surface area contributed by atoms with E-state index in [1.54, 1.807) is 19.2 Å². The van der Waals surface area contributed by atoms with E-state index in [0.717, 1.165) is 24.3 Å². The Morgan fingerprint density at radius 2 is 2.00 bits per heavy atom. The number of benzene rings is 1. The molecule has 2 aliphatic carbocycles. The van der Waals surface area contributed by atoms with E-state index < -0.39 is 0 Å². The number of hydrogen-bond acceptors (Lipinski definition) is 2. The van der Waals surface area contributed by atoms with Crippen molar-refractivity contribution in [3.63, 3.8) is 0 Å². The smallest absolute Gasteiger partial charge is 0.126 e. The molecule has 0 heterocycles. The highest BCUT2D eigenvalue weighted by atomic mass is 19.1. The Balaban J connectivity index is 2.04. The van der Waals surface area contributed by atoms with Crippen LogP contribution in [0.5, 0.6) is 5.75 Å². The second-order valence-electron chi connectivity index (χ2n) is 8.71. The molecule has 0 saturated heterocycles. The average molecular weight is 319 g/mol.